The van der Waals surface area contributed by atoms with Gasteiger partial charge in [-0.15, -0.1) is 0 Å². The maximum Gasteiger partial charge on any atom is 0.252 e. The molecule has 0 unspecified atom stereocenters. The van der Waals surface area contributed by atoms with E-state index >= 15 is 0 Å². The molecule has 0 saturated carbocycles. The number of hydrogen-bond acceptors (Lipinski definition) is 3. The molecule has 0 aliphatic rings. The van der Waals surface area contributed by atoms with E-state index in [4.69, 9.17) is 4.74 Å². The van der Waals surface area contributed by atoms with E-state index in [1.54, 1.807) is 17.7 Å². The number of fused-ring (bicyclic) bond motifs is 1. The highest BCUT2D eigenvalue weighted by atomic mass is 16.5. The van der Waals surface area contributed by atoms with Crippen LogP contribution in [0, 0.1) is 6.92 Å². The van der Waals surface area contributed by atoms with Gasteiger partial charge in [0.05, 0.1) is 5.52 Å². The number of aromatic nitrogens is 1. The van der Waals surface area contributed by atoms with Crippen LogP contribution in [0.3, 0.4) is 0 Å². The summed E-state index contributed by atoms with van der Waals surface area (Å²) in [7, 11) is 1.80. The van der Waals surface area contributed by atoms with Crippen molar-refractivity contribution >= 4 is 16.6 Å². The smallest absolute Gasteiger partial charge is 0.252 e. The molecule has 1 N–H and O–H groups in total. The minimum atomic E-state index is -0.0104. The van der Waals surface area contributed by atoms with Gasteiger partial charge in [-0.3, -0.25) is 4.79 Å². The number of para-hydroxylation sites is 1. The maximum absolute atomic E-state index is 12.2. The Morgan fingerprint density at radius 1 is 0.897 bits per heavy atom. The fraction of sp³-hybridized carbons (Fsp3) is 0.160. The van der Waals surface area contributed by atoms with E-state index in [-0.39, 0.29) is 5.56 Å². The monoisotopic (exact) mass is 384 g/mol. The van der Waals surface area contributed by atoms with Crippen LogP contribution >= 0.6 is 0 Å². The molecule has 146 valence electrons. The Labute approximate surface area is 170 Å². The molecule has 0 bridgehead atoms. The molecule has 1 heterocycles. The van der Waals surface area contributed by atoms with Crippen molar-refractivity contribution in [1.29, 1.82) is 0 Å². The van der Waals surface area contributed by atoms with Gasteiger partial charge in [-0.2, -0.15) is 0 Å². The molecular formula is C25H24N2O2. The van der Waals surface area contributed by atoms with Crippen molar-refractivity contribution in [2.24, 2.45) is 7.05 Å². The van der Waals surface area contributed by atoms with Crippen LogP contribution in [0.2, 0.25) is 0 Å². The molecule has 4 nitrogen and oxygen atoms in total. The summed E-state index contributed by atoms with van der Waals surface area (Å²) in [6.45, 7) is 2.80. The van der Waals surface area contributed by atoms with Gasteiger partial charge in [0.2, 0.25) is 0 Å². The molecule has 3 aromatic carbocycles. The fourth-order valence-corrected chi connectivity index (χ4v) is 3.36. The molecule has 4 rings (SSSR count). The van der Waals surface area contributed by atoms with Crippen LogP contribution in [0.25, 0.3) is 10.9 Å². The normalized spacial score (nSPS) is 10.8. The number of anilines is 1. The molecule has 0 saturated heterocycles. The van der Waals surface area contributed by atoms with Crippen molar-refractivity contribution in [2.45, 2.75) is 13.3 Å². The van der Waals surface area contributed by atoms with Crippen LogP contribution in [0.5, 0.6) is 11.5 Å². The first-order valence-corrected chi connectivity index (χ1v) is 9.76. The van der Waals surface area contributed by atoms with Crippen molar-refractivity contribution in [3.05, 3.63) is 100 Å². The van der Waals surface area contributed by atoms with E-state index in [1.165, 1.54) is 11.1 Å². The Morgan fingerprint density at radius 3 is 2.28 bits per heavy atom. The van der Waals surface area contributed by atoms with E-state index in [9.17, 15) is 4.79 Å². The van der Waals surface area contributed by atoms with E-state index in [0.29, 0.717) is 0 Å². The SMILES string of the molecule is Cc1ccc(Oc2ccc(CCNc3cc(=O)n(C)c4ccccc34)cc2)cc1. The van der Waals surface area contributed by atoms with Crippen molar-refractivity contribution in [3.63, 3.8) is 0 Å². The largest absolute Gasteiger partial charge is 0.457 e. The molecular weight excluding hydrogens is 360 g/mol. The lowest BCUT2D eigenvalue weighted by Crippen LogP contribution is -2.18. The van der Waals surface area contributed by atoms with Crippen molar-refractivity contribution in [3.8, 4) is 11.5 Å². The molecule has 4 aromatic rings. The first-order valence-electron chi connectivity index (χ1n) is 9.76. The van der Waals surface area contributed by atoms with Crippen molar-refractivity contribution in [1.82, 2.24) is 4.57 Å². The van der Waals surface area contributed by atoms with E-state index in [2.05, 4.69) is 24.4 Å². The molecule has 0 aliphatic carbocycles. The quantitative estimate of drug-likeness (QED) is 0.491. The summed E-state index contributed by atoms with van der Waals surface area (Å²) in [4.78, 5) is 12.2. The number of pyridine rings is 1. The van der Waals surface area contributed by atoms with Gasteiger partial charge >= 0.3 is 0 Å². The summed E-state index contributed by atoms with van der Waals surface area (Å²) in [5.74, 6) is 1.66. The summed E-state index contributed by atoms with van der Waals surface area (Å²) >= 11 is 0. The summed E-state index contributed by atoms with van der Waals surface area (Å²) in [5, 5.41) is 4.47. The van der Waals surface area contributed by atoms with Gasteiger partial charge in [-0.1, -0.05) is 48.0 Å². The van der Waals surface area contributed by atoms with Gasteiger partial charge < -0.3 is 14.6 Å². The number of benzene rings is 3. The first-order chi connectivity index (χ1) is 14.1. The second-order valence-corrected chi connectivity index (χ2v) is 7.21. The predicted molar refractivity (Wildman–Crippen MR) is 119 cm³/mol. The summed E-state index contributed by atoms with van der Waals surface area (Å²) < 4.78 is 7.56. The van der Waals surface area contributed by atoms with Crippen molar-refractivity contribution < 1.29 is 4.74 Å². The third-order valence-corrected chi connectivity index (χ3v) is 5.06. The number of ether oxygens (including phenoxy) is 1. The lowest BCUT2D eigenvalue weighted by atomic mass is 10.1. The Morgan fingerprint density at radius 2 is 1.55 bits per heavy atom. The summed E-state index contributed by atoms with van der Waals surface area (Å²) in [6, 6.07) is 25.8. The number of rotatable bonds is 6. The maximum atomic E-state index is 12.2. The lowest BCUT2D eigenvalue weighted by Gasteiger charge is -2.12. The molecule has 0 amide bonds. The predicted octanol–water partition coefficient (Wildman–Crippen LogP) is 5.29. The number of nitrogens with zero attached hydrogens (tertiary/aromatic N) is 1. The average molecular weight is 384 g/mol. The Bertz CT molecular complexity index is 1180. The van der Waals surface area contributed by atoms with Crippen LogP contribution in [0.1, 0.15) is 11.1 Å². The summed E-state index contributed by atoms with van der Waals surface area (Å²) in [5.41, 5.74) is 4.22. The van der Waals surface area contributed by atoms with Crippen LogP contribution in [-0.2, 0) is 13.5 Å². The third kappa shape index (κ3) is 4.32. The Balaban J connectivity index is 1.40. The van der Waals surface area contributed by atoms with Crippen LogP contribution in [0.15, 0.2) is 83.7 Å². The first kappa shape index (κ1) is 18.8. The summed E-state index contributed by atoms with van der Waals surface area (Å²) in [6.07, 6.45) is 0.856. The molecule has 29 heavy (non-hydrogen) atoms. The average Bonchev–Trinajstić information content (AvgIpc) is 2.74. The molecule has 0 atom stereocenters. The third-order valence-electron chi connectivity index (χ3n) is 5.06. The second-order valence-electron chi connectivity index (χ2n) is 7.21. The lowest BCUT2D eigenvalue weighted by molar-refractivity contribution is 0.482. The van der Waals surface area contributed by atoms with Crippen LogP contribution in [-0.4, -0.2) is 11.1 Å². The fourth-order valence-electron chi connectivity index (χ4n) is 3.36. The van der Waals surface area contributed by atoms with Gasteiger partial charge in [0.25, 0.3) is 5.56 Å². The molecule has 4 heteroatoms. The zero-order chi connectivity index (χ0) is 20.2. The standard InChI is InChI=1S/C25H24N2O2/c1-18-7-11-20(12-8-18)29-21-13-9-19(10-14-21)15-16-26-23-17-25(28)27(2)24-6-4-3-5-22(23)24/h3-14,17,26H,15-16H2,1-2H3. The second kappa shape index (κ2) is 8.23. The minimum absolute atomic E-state index is 0.0104. The number of nitrogens with one attached hydrogen (secondary N) is 1. The van der Waals surface area contributed by atoms with Gasteiger partial charge in [-0.05, 0) is 49.2 Å². The highest BCUT2D eigenvalue weighted by Gasteiger charge is 2.06. The highest BCUT2D eigenvalue weighted by molar-refractivity contribution is 5.91. The van der Waals surface area contributed by atoms with Crippen LogP contribution in [0.4, 0.5) is 5.69 Å². The van der Waals surface area contributed by atoms with Crippen molar-refractivity contribution in [2.75, 3.05) is 11.9 Å². The molecule has 0 aliphatic heterocycles. The van der Waals surface area contributed by atoms with Gasteiger partial charge in [0.1, 0.15) is 11.5 Å². The minimum Gasteiger partial charge on any atom is -0.457 e. The van der Waals surface area contributed by atoms with Crippen LogP contribution < -0.4 is 15.6 Å². The highest BCUT2D eigenvalue weighted by Crippen LogP contribution is 2.23. The Hall–Kier alpha value is -3.53. The van der Waals surface area contributed by atoms with Gasteiger partial charge in [0, 0.05) is 30.7 Å². The van der Waals surface area contributed by atoms with Gasteiger partial charge in [-0.25, -0.2) is 0 Å². The molecule has 0 radical (unpaired) electrons. The number of aryl methyl sites for hydroxylation is 2. The van der Waals surface area contributed by atoms with Gasteiger partial charge in [0.15, 0.2) is 0 Å². The van der Waals surface area contributed by atoms with E-state index in [0.717, 1.165) is 41.1 Å². The molecule has 0 spiro atoms. The Kier molecular flexibility index (Phi) is 5.34. The zero-order valence-corrected chi connectivity index (χ0v) is 16.7. The van der Waals surface area contributed by atoms with E-state index < -0.39 is 0 Å². The number of hydrogen-bond donors (Lipinski definition) is 1. The topological polar surface area (TPSA) is 43.3 Å². The molecule has 1 aromatic heterocycles. The van der Waals surface area contributed by atoms with E-state index in [1.807, 2.05) is 60.7 Å². The molecule has 0 fully saturated rings. The zero-order valence-electron chi connectivity index (χ0n) is 16.7.